The molecule has 1 aromatic heterocycles. The third-order valence-corrected chi connectivity index (χ3v) is 3.67. The van der Waals surface area contributed by atoms with Crippen LogP contribution in [-0.2, 0) is 22.6 Å². The van der Waals surface area contributed by atoms with Gasteiger partial charge < -0.3 is 10.5 Å². The van der Waals surface area contributed by atoms with E-state index in [4.69, 9.17) is 10.5 Å². The van der Waals surface area contributed by atoms with Crippen molar-refractivity contribution < 1.29 is 9.53 Å². The van der Waals surface area contributed by atoms with Gasteiger partial charge in [0.25, 0.3) is 0 Å². The molecule has 0 bridgehead atoms. The van der Waals surface area contributed by atoms with Crippen molar-refractivity contribution in [3.05, 3.63) is 11.9 Å². The standard InChI is InChI=1S/C13H22N4O2/c1-13(2)5-3-11(4-6-13)19-12(18)9-17-8-10(7-14)15-16-17/h8,11H,3-7,9,14H2,1-2H3. The molecule has 1 saturated carbocycles. The molecule has 0 aliphatic heterocycles. The van der Waals surface area contributed by atoms with Crippen LogP contribution >= 0.6 is 0 Å². The van der Waals surface area contributed by atoms with Crippen LogP contribution in [0.5, 0.6) is 0 Å². The average molecular weight is 266 g/mol. The summed E-state index contributed by atoms with van der Waals surface area (Å²) in [5.41, 5.74) is 6.49. The molecular weight excluding hydrogens is 244 g/mol. The summed E-state index contributed by atoms with van der Waals surface area (Å²) in [7, 11) is 0. The summed E-state index contributed by atoms with van der Waals surface area (Å²) in [5, 5.41) is 7.66. The normalized spacial score (nSPS) is 19.3. The van der Waals surface area contributed by atoms with E-state index >= 15 is 0 Å². The molecule has 0 radical (unpaired) electrons. The van der Waals surface area contributed by atoms with Gasteiger partial charge >= 0.3 is 5.97 Å². The van der Waals surface area contributed by atoms with Crippen molar-refractivity contribution in [3.63, 3.8) is 0 Å². The van der Waals surface area contributed by atoms with E-state index in [0.717, 1.165) is 25.7 Å². The molecule has 2 rings (SSSR count). The summed E-state index contributed by atoms with van der Waals surface area (Å²) < 4.78 is 6.94. The van der Waals surface area contributed by atoms with Gasteiger partial charge in [-0.05, 0) is 31.1 Å². The lowest BCUT2D eigenvalue weighted by Crippen LogP contribution is -2.29. The quantitative estimate of drug-likeness (QED) is 0.829. The lowest BCUT2D eigenvalue weighted by molar-refractivity contribution is -0.152. The van der Waals surface area contributed by atoms with Crippen LogP contribution in [-0.4, -0.2) is 27.1 Å². The molecule has 1 aliphatic carbocycles. The van der Waals surface area contributed by atoms with Crippen molar-refractivity contribution >= 4 is 5.97 Å². The van der Waals surface area contributed by atoms with E-state index in [1.165, 1.54) is 4.68 Å². The number of ether oxygens (including phenoxy) is 1. The van der Waals surface area contributed by atoms with Crippen molar-refractivity contribution in [1.29, 1.82) is 0 Å². The first-order chi connectivity index (χ1) is 8.98. The van der Waals surface area contributed by atoms with Crippen LogP contribution in [0.15, 0.2) is 6.20 Å². The van der Waals surface area contributed by atoms with E-state index < -0.39 is 0 Å². The number of carbonyl (C=O) groups is 1. The maximum absolute atomic E-state index is 11.8. The van der Waals surface area contributed by atoms with Crippen LogP contribution in [0.25, 0.3) is 0 Å². The Balaban J connectivity index is 1.78. The molecule has 0 saturated heterocycles. The number of nitrogens with two attached hydrogens (primary N) is 1. The van der Waals surface area contributed by atoms with Gasteiger partial charge in [0.05, 0.1) is 11.9 Å². The molecule has 19 heavy (non-hydrogen) atoms. The van der Waals surface area contributed by atoms with Crippen molar-refractivity contribution in [2.75, 3.05) is 0 Å². The number of hydrogen-bond acceptors (Lipinski definition) is 5. The van der Waals surface area contributed by atoms with E-state index in [0.29, 0.717) is 17.7 Å². The number of esters is 1. The van der Waals surface area contributed by atoms with Gasteiger partial charge in [-0.1, -0.05) is 19.1 Å². The van der Waals surface area contributed by atoms with Crippen LogP contribution in [0, 0.1) is 5.41 Å². The summed E-state index contributed by atoms with van der Waals surface area (Å²) >= 11 is 0. The first kappa shape index (κ1) is 14.0. The summed E-state index contributed by atoms with van der Waals surface area (Å²) in [6.45, 7) is 4.95. The highest BCUT2D eigenvalue weighted by Crippen LogP contribution is 2.36. The highest BCUT2D eigenvalue weighted by molar-refractivity contribution is 5.69. The second-order valence-electron chi connectivity index (χ2n) is 5.97. The van der Waals surface area contributed by atoms with Gasteiger partial charge in [0.1, 0.15) is 12.6 Å². The van der Waals surface area contributed by atoms with Gasteiger partial charge in [-0.15, -0.1) is 5.10 Å². The van der Waals surface area contributed by atoms with Crippen LogP contribution in [0.2, 0.25) is 0 Å². The van der Waals surface area contributed by atoms with Crippen LogP contribution in [0.1, 0.15) is 45.2 Å². The van der Waals surface area contributed by atoms with Gasteiger partial charge in [-0.25, -0.2) is 4.68 Å². The molecule has 0 amide bonds. The Morgan fingerprint density at radius 3 is 2.79 bits per heavy atom. The lowest BCUT2D eigenvalue weighted by Gasteiger charge is -2.33. The topological polar surface area (TPSA) is 83.0 Å². The fourth-order valence-electron chi connectivity index (χ4n) is 2.36. The first-order valence-electron chi connectivity index (χ1n) is 6.77. The average Bonchev–Trinajstić information content (AvgIpc) is 2.79. The zero-order valence-corrected chi connectivity index (χ0v) is 11.6. The largest absolute Gasteiger partial charge is 0.461 e. The lowest BCUT2D eigenvalue weighted by atomic mass is 9.76. The summed E-state index contributed by atoms with van der Waals surface area (Å²) in [4.78, 5) is 11.8. The molecule has 0 spiro atoms. The fraction of sp³-hybridized carbons (Fsp3) is 0.769. The molecule has 0 atom stereocenters. The highest BCUT2D eigenvalue weighted by Gasteiger charge is 2.28. The van der Waals surface area contributed by atoms with E-state index in [2.05, 4.69) is 24.2 Å². The fourth-order valence-corrected chi connectivity index (χ4v) is 2.36. The third-order valence-electron chi connectivity index (χ3n) is 3.67. The minimum absolute atomic E-state index is 0.0537. The number of rotatable bonds is 4. The Bertz CT molecular complexity index is 432. The number of carbonyl (C=O) groups excluding carboxylic acids is 1. The van der Waals surface area contributed by atoms with Crippen LogP contribution in [0.4, 0.5) is 0 Å². The molecule has 6 nitrogen and oxygen atoms in total. The van der Waals surface area contributed by atoms with Crippen molar-refractivity contribution in [2.24, 2.45) is 11.1 Å². The van der Waals surface area contributed by atoms with Crippen molar-refractivity contribution in [3.8, 4) is 0 Å². The van der Waals surface area contributed by atoms with E-state index in [1.807, 2.05) is 0 Å². The Morgan fingerprint density at radius 2 is 2.21 bits per heavy atom. The molecule has 1 fully saturated rings. The molecular formula is C13H22N4O2. The second-order valence-corrected chi connectivity index (χ2v) is 5.97. The summed E-state index contributed by atoms with van der Waals surface area (Å²) in [6.07, 6.45) is 5.83. The number of nitrogens with zero attached hydrogens (tertiary/aromatic N) is 3. The molecule has 106 valence electrons. The highest BCUT2D eigenvalue weighted by atomic mass is 16.5. The van der Waals surface area contributed by atoms with E-state index in [1.54, 1.807) is 6.20 Å². The minimum atomic E-state index is -0.252. The van der Waals surface area contributed by atoms with E-state index in [-0.39, 0.29) is 18.6 Å². The monoisotopic (exact) mass is 266 g/mol. The van der Waals surface area contributed by atoms with Gasteiger partial charge in [-0.3, -0.25) is 4.79 Å². The minimum Gasteiger partial charge on any atom is -0.461 e. The molecule has 1 heterocycles. The smallest absolute Gasteiger partial charge is 0.328 e. The third kappa shape index (κ3) is 4.02. The van der Waals surface area contributed by atoms with E-state index in [9.17, 15) is 4.79 Å². The zero-order valence-electron chi connectivity index (χ0n) is 11.6. The Labute approximate surface area is 113 Å². The van der Waals surface area contributed by atoms with Gasteiger partial charge in [0.15, 0.2) is 0 Å². The maximum Gasteiger partial charge on any atom is 0.328 e. The zero-order chi connectivity index (χ0) is 13.9. The second kappa shape index (κ2) is 5.69. The van der Waals surface area contributed by atoms with Gasteiger partial charge in [-0.2, -0.15) is 0 Å². The Kier molecular flexibility index (Phi) is 4.19. The molecule has 1 aliphatic rings. The number of aromatic nitrogens is 3. The molecule has 2 N–H and O–H groups in total. The Morgan fingerprint density at radius 1 is 1.53 bits per heavy atom. The molecule has 1 aromatic rings. The SMILES string of the molecule is CC1(C)CCC(OC(=O)Cn2cc(CN)nn2)CC1. The maximum atomic E-state index is 11.8. The number of hydrogen-bond donors (Lipinski definition) is 1. The molecule has 0 unspecified atom stereocenters. The van der Waals surface area contributed by atoms with Gasteiger partial charge in [0.2, 0.25) is 0 Å². The molecule has 0 aromatic carbocycles. The summed E-state index contributed by atoms with van der Waals surface area (Å²) in [5.74, 6) is -0.252. The van der Waals surface area contributed by atoms with Gasteiger partial charge in [0, 0.05) is 6.54 Å². The summed E-state index contributed by atoms with van der Waals surface area (Å²) in [6, 6.07) is 0. The van der Waals surface area contributed by atoms with Crippen molar-refractivity contribution in [2.45, 2.75) is 58.7 Å². The predicted octanol–water partition coefficient (Wildman–Crippen LogP) is 1.25. The van der Waals surface area contributed by atoms with Crippen LogP contribution in [0.3, 0.4) is 0 Å². The van der Waals surface area contributed by atoms with Crippen molar-refractivity contribution in [1.82, 2.24) is 15.0 Å². The first-order valence-corrected chi connectivity index (χ1v) is 6.77. The Hall–Kier alpha value is -1.43. The van der Waals surface area contributed by atoms with Crippen LogP contribution < -0.4 is 5.73 Å². The molecule has 6 heteroatoms. The predicted molar refractivity (Wildman–Crippen MR) is 70.0 cm³/mol.